The number of aromatic nitrogens is 2. The number of fused-ring (bicyclic) bond motifs is 2. The molecule has 2 aliphatic rings. The molecule has 2 atom stereocenters. The van der Waals surface area contributed by atoms with Gasteiger partial charge >= 0.3 is 6.36 Å². The number of anilines is 1. The van der Waals surface area contributed by atoms with Crippen LogP contribution in [0.15, 0.2) is 47.5 Å². The first-order chi connectivity index (χ1) is 17.3. The van der Waals surface area contributed by atoms with E-state index in [1.165, 1.54) is 30.0 Å². The largest absolute Gasteiger partial charge is 0.573 e. The number of nitrogens with one attached hydrogen (secondary N) is 2. The monoisotopic (exact) mass is 520 g/mol. The molecule has 0 aliphatic carbocycles. The van der Waals surface area contributed by atoms with Crippen LogP contribution in [-0.4, -0.2) is 53.3 Å². The molecule has 190 valence electrons. The highest BCUT2D eigenvalue weighted by Crippen LogP contribution is 2.32. The fourth-order valence-corrected chi connectivity index (χ4v) is 4.81. The summed E-state index contributed by atoms with van der Waals surface area (Å²) in [6.07, 6.45) is -1.75. The van der Waals surface area contributed by atoms with E-state index in [0.29, 0.717) is 41.4 Å². The van der Waals surface area contributed by atoms with Crippen molar-refractivity contribution in [1.82, 2.24) is 15.3 Å². The van der Waals surface area contributed by atoms with Gasteiger partial charge in [-0.1, -0.05) is 0 Å². The SMILES string of the molecule is O=C1CSc2ccc(CN[C@@H]3CC[C@@H](COc4ccnc5ccc(OC(F)(F)F)cc45)OC3)nc2N1. The molecule has 1 aromatic carbocycles. The molecule has 1 fully saturated rings. The Hall–Kier alpha value is -3.09. The third kappa shape index (κ3) is 6.18. The Morgan fingerprint density at radius 1 is 1.19 bits per heavy atom. The molecule has 0 unspecified atom stereocenters. The molecule has 0 bridgehead atoms. The highest BCUT2D eigenvalue weighted by molar-refractivity contribution is 8.00. The minimum atomic E-state index is -4.78. The fraction of sp³-hybridized carbons (Fsp3) is 0.375. The maximum Gasteiger partial charge on any atom is 0.573 e. The van der Waals surface area contributed by atoms with Gasteiger partial charge in [0, 0.05) is 24.2 Å². The molecule has 36 heavy (non-hydrogen) atoms. The quantitative estimate of drug-likeness (QED) is 0.477. The van der Waals surface area contributed by atoms with Crippen LogP contribution in [0.4, 0.5) is 19.0 Å². The molecule has 5 rings (SSSR count). The van der Waals surface area contributed by atoms with Crippen molar-refractivity contribution in [2.24, 2.45) is 0 Å². The summed E-state index contributed by atoms with van der Waals surface area (Å²) in [5.41, 5.74) is 1.34. The van der Waals surface area contributed by atoms with Crippen LogP contribution >= 0.6 is 11.8 Å². The number of hydrogen-bond donors (Lipinski definition) is 2. The first-order valence-corrected chi connectivity index (χ1v) is 12.4. The Morgan fingerprint density at radius 2 is 2.08 bits per heavy atom. The van der Waals surface area contributed by atoms with Gasteiger partial charge in [0.15, 0.2) is 0 Å². The molecule has 2 N–H and O–H groups in total. The molecule has 12 heteroatoms. The minimum Gasteiger partial charge on any atom is -0.490 e. The second kappa shape index (κ2) is 10.5. The Labute approximate surface area is 208 Å². The molecule has 2 aromatic heterocycles. The van der Waals surface area contributed by atoms with Crippen molar-refractivity contribution in [2.45, 2.75) is 42.8 Å². The molecule has 8 nitrogen and oxygen atoms in total. The second-order valence-corrected chi connectivity index (χ2v) is 9.46. The van der Waals surface area contributed by atoms with E-state index in [9.17, 15) is 18.0 Å². The third-order valence-electron chi connectivity index (χ3n) is 5.81. The number of halogens is 3. The lowest BCUT2D eigenvalue weighted by Crippen LogP contribution is -2.41. The predicted molar refractivity (Wildman–Crippen MR) is 127 cm³/mol. The molecule has 0 spiro atoms. The van der Waals surface area contributed by atoms with Gasteiger partial charge in [0.1, 0.15) is 23.9 Å². The van der Waals surface area contributed by atoms with Crippen LogP contribution in [0, 0.1) is 0 Å². The number of rotatable bonds is 7. The summed E-state index contributed by atoms with van der Waals surface area (Å²) in [5, 5.41) is 6.67. The molecule has 4 heterocycles. The lowest BCUT2D eigenvalue weighted by atomic mass is 10.1. The van der Waals surface area contributed by atoms with Crippen molar-refractivity contribution in [3.63, 3.8) is 0 Å². The van der Waals surface area contributed by atoms with Crippen LogP contribution in [0.3, 0.4) is 0 Å². The van der Waals surface area contributed by atoms with Crippen molar-refractivity contribution in [2.75, 3.05) is 24.3 Å². The van der Waals surface area contributed by atoms with Crippen LogP contribution in [0.5, 0.6) is 11.5 Å². The summed E-state index contributed by atoms with van der Waals surface area (Å²) in [5.74, 6) is 1.05. The van der Waals surface area contributed by atoms with E-state index < -0.39 is 6.36 Å². The number of carbonyl (C=O) groups excluding carboxylic acids is 1. The summed E-state index contributed by atoms with van der Waals surface area (Å²) in [7, 11) is 0. The zero-order valence-electron chi connectivity index (χ0n) is 19.0. The van der Waals surface area contributed by atoms with Gasteiger partial charge in [-0.3, -0.25) is 9.78 Å². The first-order valence-electron chi connectivity index (χ1n) is 11.4. The minimum absolute atomic E-state index is 0.0473. The number of ether oxygens (including phenoxy) is 3. The Bertz CT molecular complexity index is 1250. The van der Waals surface area contributed by atoms with Crippen molar-refractivity contribution in [1.29, 1.82) is 0 Å². The van der Waals surface area contributed by atoms with E-state index >= 15 is 0 Å². The van der Waals surface area contributed by atoms with E-state index in [0.717, 1.165) is 23.4 Å². The standard InChI is InChI=1S/C24H23F3N4O4S/c25-24(26,27)35-16-4-5-19-18(9-16)20(7-8-28-19)34-12-17-3-1-15(11-33-17)29-10-14-2-6-21-23(30-14)31-22(32)13-36-21/h2,4-9,15,17,29H,1,3,10-13H2,(H,30,31,32)/t15-,17+/m1/s1. The lowest BCUT2D eigenvalue weighted by Gasteiger charge is -2.29. The molecule has 1 saturated heterocycles. The molecule has 0 radical (unpaired) electrons. The molecule has 0 saturated carbocycles. The number of carbonyl (C=O) groups is 1. The van der Waals surface area contributed by atoms with E-state index in [-0.39, 0.29) is 30.4 Å². The average molecular weight is 521 g/mol. The van der Waals surface area contributed by atoms with Crippen molar-refractivity contribution in [3.8, 4) is 11.5 Å². The maximum absolute atomic E-state index is 12.6. The first kappa shape index (κ1) is 24.6. The Balaban J connectivity index is 1.12. The van der Waals surface area contributed by atoms with Gasteiger partial charge in [-0.25, -0.2) is 4.98 Å². The average Bonchev–Trinajstić information content (AvgIpc) is 2.85. The van der Waals surface area contributed by atoms with Gasteiger partial charge in [0.05, 0.1) is 34.6 Å². The van der Waals surface area contributed by atoms with Crippen LogP contribution < -0.4 is 20.1 Å². The van der Waals surface area contributed by atoms with Gasteiger partial charge in [-0.05, 0) is 49.2 Å². The summed E-state index contributed by atoms with van der Waals surface area (Å²) < 4.78 is 53.6. The van der Waals surface area contributed by atoms with Gasteiger partial charge in [-0.2, -0.15) is 0 Å². The summed E-state index contributed by atoms with van der Waals surface area (Å²) in [6.45, 7) is 1.31. The molecular formula is C24H23F3N4O4S. The zero-order valence-corrected chi connectivity index (χ0v) is 19.8. The van der Waals surface area contributed by atoms with E-state index in [1.54, 1.807) is 12.3 Å². The van der Waals surface area contributed by atoms with Crippen molar-refractivity contribution >= 4 is 34.4 Å². The highest BCUT2D eigenvalue weighted by atomic mass is 32.2. The van der Waals surface area contributed by atoms with E-state index in [4.69, 9.17) is 9.47 Å². The van der Waals surface area contributed by atoms with Crippen molar-refractivity contribution < 1.29 is 32.2 Å². The summed E-state index contributed by atoms with van der Waals surface area (Å²) in [6, 6.07) is 9.62. The zero-order chi connectivity index (χ0) is 25.1. The third-order valence-corrected chi connectivity index (χ3v) is 6.85. The second-order valence-electron chi connectivity index (χ2n) is 8.44. The number of hydrogen-bond acceptors (Lipinski definition) is 8. The smallest absolute Gasteiger partial charge is 0.490 e. The van der Waals surface area contributed by atoms with Crippen LogP contribution in [0.25, 0.3) is 10.9 Å². The Kier molecular flexibility index (Phi) is 7.17. The number of benzene rings is 1. The van der Waals surface area contributed by atoms with Gasteiger partial charge in [0.25, 0.3) is 0 Å². The van der Waals surface area contributed by atoms with Gasteiger partial charge < -0.3 is 24.8 Å². The van der Waals surface area contributed by atoms with Crippen molar-refractivity contribution in [3.05, 3.63) is 48.3 Å². The number of pyridine rings is 2. The fourth-order valence-electron chi connectivity index (χ4n) is 4.06. The number of amides is 1. The highest BCUT2D eigenvalue weighted by Gasteiger charge is 2.31. The molecule has 1 amide bonds. The van der Waals surface area contributed by atoms with E-state index in [2.05, 4.69) is 25.3 Å². The topological polar surface area (TPSA) is 94.6 Å². The normalized spacial score (nSPS) is 20.0. The number of nitrogens with zero attached hydrogens (tertiary/aromatic N) is 2. The van der Waals surface area contributed by atoms with Crippen LogP contribution in [0.1, 0.15) is 18.5 Å². The van der Waals surface area contributed by atoms with Crippen LogP contribution in [-0.2, 0) is 16.1 Å². The lowest BCUT2D eigenvalue weighted by molar-refractivity contribution is -0.274. The molecule has 3 aromatic rings. The van der Waals surface area contributed by atoms with Gasteiger partial charge in [0.2, 0.25) is 5.91 Å². The van der Waals surface area contributed by atoms with Gasteiger partial charge in [-0.15, -0.1) is 24.9 Å². The number of alkyl halides is 3. The summed E-state index contributed by atoms with van der Waals surface area (Å²) in [4.78, 5) is 21.2. The van der Waals surface area contributed by atoms with E-state index in [1.807, 2.05) is 12.1 Å². The summed E-state index contributed by atoms with van der Waals surface area (Å²) >= 11 is 1.48. The predicted octanol–water partition coefficient (Wildman–Crippen LogP) is 4.29. The maximum atomic E-state index is 12.6. The molecular weight excluding hydrogens is 497 g/mol. The van der Waals surface area contributed by atoms with Crippen LogP contribution in [0.2, 0.25) is 0 Å². The Morgan fingerprint density at radius 3 is 2.89 bits per heavy atom. The number of thioether (sulfide) groups is 1. The molecule has 2 aliphatic heterocycles.